The second-order valence-electron chi connectivity index (χ2n) is 12.3. The van der Waals surface area contributed by atoms with E-state index in [0.717, 1.165) is 60.9 Å². The fourth-order valence-electron chi connectivity index (χ4n) is 7.12. The maximum atomic E-state index is 9.77. The fraction of sp³-hybridized carbons (Fsp3) is 0. The van der Waals surface area contributed by atoms with E-state index in [-0.39, 0.29) is 0 Å². The van der Waals surface area contributed by atoms with Gasteiger partial charge < -0.3 is 4.57 Å². The van der Waals surface area contributed by atoms with Crippen LogP contribution in [0.2, 0.25) is 0 Å². The van der Waals surface area contributed by atoms with Crippen molar-refractivity contribution in [2.24, 2.45) is 0 Å². The topological polar surface area (TPSA) is 76.3 Å². The highest BCUT2D eigenvalue weighted by molar-refractivity contribution is 7.25. The molecule has 0 aliphatic carbocycles. The second-order valence-corrected chi connectivity index (χ2v) is 13.4. The van der Waals surface area contributed by atoms with Crippen LogP contribution in [0.15, 0.2) is 146 Å². The van der Waals surface area contributed by atoms with Crippen LogP contribution in [-0.4, -0.2) is 4.57 Å². The Morgan fingerprint density at radius 1 is 0.400 bits per heavy atom. The van der Waals surface area contributed by atoms with Gasteiger partial charge in [0, 0.05) is 36.6 Å². The predicted molar refractivity (Wildman–Crippen MR) is 204 cm³/mol. The number of aromatic nitrogens is 1. The van der Waals surface area contributed by atoms with Crippen LogP contribution in [0.4, 0.5) is 0 Å². The van der Waals surface area contributed by atoms with E-state index in [0.29, 0.717) is 16.7 Å². The molecule has 0 aliphatic heterocycles. The molecular weight excluding hydrogens is 629 g/mol. The Morgan fingerprint density at radius 2 is 0.960 bits per heavy atom. The van der Waals surface area contributed by atoms with E-state index in [1.54, 1.807) is 0 Å². The summed E-state index contributed by atoms with van der Waals surface area (Å²) in [7, 11) is 0. The lowest BCUT2D eigenvalue weighted by atomic mass is 9.91. The molecule has 0 fully saturated rings. The lowest BCUT2D eigenvalue weighted by Gasteiger charge is -2.16. The Morgan fingerprint density at radius 3 is 1.64 bits per heavy atom. The average molecular weight is 653 g/mol. The SMILES string of the molecule is N#Cc1ccc(-c2ccccc2-c2cc(-c3ccc4sc5ccccc5c4c3)cc(-n3c4ccc(C#N)cc4c4cc(C#N)ccc43)c2)cc1. The summed E-state index contributed by atoms with van der Waals surface area (Å²) in [6.07, 6.45) is 0. The summed E-state index contributed by atoms with van der Waals surface area (Å²) in [4.78, 5) is 0. The first-order valence-corrected chi connectivity index (χ1v) is 17.0. The predicted octanol–water partition coefficient (Wildman–Crippen LogP) is 11.8. The van der Waals surface area contributed by atoms with Crippen LogP contribution in [0.1, 0.15) is 16.7 Å². The van der Waals surface area contributed by atoms with Gasteiger partial charge in [-0.2, -0.15) is 15.8 Å². The van der Waals surface area contributed by atoms with Gasteiger partial charge in [-0.15, -0.1) is 11.3 Å². The molecule has 0 bridgehead atoms. The molecule has 9 rings (SSSR count). The lowest BCUT2D eigenvalue weighted by Crippen LogP contribution is -1.97. The Hall–Kier alpha value is -6.97. The number of rotatable bonds is 4. The highest BCUT2D eigenvalue weighted by atomic mass is 32.1. The molecule has 9 aromatic rings. The summed E-state index contributed by atoms with van der Waals surface area (Å²) < 4.78 is 4.76. The molecule has 0 saturated carbocycles. The third-order valence-corrected chi connectivity index (χ3v) is 10.6. The van der Waals surface area contributed by atoms with Crippen LogP contribution < -0.4 is 0 Å². The summed E-state index contributed by atoms with van der Waals surface area (Å²) in [5.74, 6) is 0. The third-order valence-electron chi connectivity index (χ3n) is 9.47. The van der Waals surface area contributed by atoms with Gasteiger partial charge in [-0.1, -0.05) is 60.7 Å². The summed E-state index contributed by atoms with van der Waals surface area (Å²) in [5.41, 5.74) is 11.0. The van der Waals surface area contributed by atoms with E-state index in [1.807, 2.05) is 78.1 Å². The molecule has 50 heavy (non-hydrogen) atoms. The van der Waals surface area contributed by atoms with Crippen molar-refractivity contribution in [3.8, 4) is 57.3 Å². The van der Waals surface area contributed by atoms with Gasteiger partial charge in [0.2, 0.25) is 0 Å². The van der Waals surface area contributed by atoms with E-state index in [2.05, 4.69) is 102 Å². The highest BCUT2D eigenvalue weighted by Gasteiger charge is 2.18. The van der Waals surface area contributed by atoms with Crippen molar-refractivity contribution >= 4 is 53.3 Å². The van der Waals surface area contributed by atoms with Crippen molar-refractivity contribution in [1.29, 1.82) is 15.8 Å². The van der Waals surface area contributed by atoms with Crippen LogP contribution >= 0.6 is 11.3 Å². The number of nitrogens with zero attached hydrogens (tertiary/aromatic N) is 4. The highest BCUT2D eigenvalue weighted by Crippen LogP contribution is 2.41. The van der Waals surface area contributed by atoms with Crippen molar-refractivity contribution in [2.45, 2.75) is 0 Å². The van der Waals surface area contributed by atoms with Crippen molar-refractivity contribution in [3.05, 3.63) is 162 Å². The van der Waals surface area contributed by atoms with Crippen LogP contribution in [-0.2, 0) is 0 Å². The zero-order valence-corrected chi connectivity index (χ0v) is 27.4. The van der Waals surface area contributed by atoms with Crippen molar-refractivity contribution < 1.29 is 0 Å². The van der Waals surface area contributed by atoms with Gasteiger partial charge in [-0.3, -0.25) is 0 Å². The number of hydrogen-bond acceptors (Lipinski definition) is 4. The summed E-state index contributed by atoms with van der Waals surface area (Å²) >= 11 is 1.81. The van der Waals surface area contributed by atoms with Crippen molar-refractivity contribution in [3.63, 3.8) is 0 Å². The standard InChI is InChI=1S/C45H24N4S/c46-25-28-9-13-31(14-10-28)36-5-1-2-6-37(36)34-21-33(32-15-18-45-41(24-32)38-7-3-4-8-44(38)50-45)22-35(23-34)49-42-16-11-29(26-47)19-39(42)40-20-30(27-48)12-17-43(40)49/h1-24H. The Kier molecular flexibility index (Phi) is 6.78. The minimum atomic E-state index is 0.570. The molecule has 7 aromatic carbocycles. The van der Waals surface area contributed by atoms with Gasteiger partial charge >= 0.3 is 0 Å². The van der Waals surface area contributed by atoms with Gasteiger partial charge in [0.05, 0.1) is 45.9 Å². The first kappa shape index (κ1) is 29.2. The first-order chi connectivity index (χ1) is 24.6. The molecule has 0 radical (unpaired) electrons. The molecule has 4 nitrogen and oxygen atoms in total. The molecule has 230 valence electrons. The smallest absolute Gasteiger partial charge is 0.0991 e. The van der Waals surface area contributed by atoms with Gasteiger partial charge in [0.25, 0.3) is 0 Å². The largest absolute Gasteiger partial charge is 0.309 e. The normalized spacial score (nSPS) is 11.1. The van der Waals surface area contributed by atoms with Crippen molar-refractivity contribution in [1.82, 2.24) is 4.57 Å². The number of benzene rings is 7. The van der Waals surface area contributed by atoms with E-state index in [4.69, 9.17) is 0 Å². The molecule has 5 heteroatoms. The van der Waals surface area contributed by atoms with Crippen LogP contribution in [0.5, 0.6) is 0 Å². The van der Waals surface area contributed by atoms with Gasteiger partial charge in [0.15, 0.2) is 0 Å². The van der Waals surface area contributed by atoms with Crippen LogP contribution in [0, 0.1) is 34.0 Å². The first-order valence-electron chi connectivity index (χ1n) is 16.2. The maximum absolute atomic E-state index is 9.77. The van der Waals surface area contributed by atoms with E-state index in [9.17, 15) is 15.8 Å². The summed E-state index contributed by atoms with van der Waals surface area (Å²) in [6, 6.07) is 56.4. The van der Waals surface area contributed by atoms with E-state index >= 15 is 0 Å². The number of nitriles is 3. The van der Waals surface area contributed by atoms with Gasteiger partial charge in [-0.05, 0) is 118 Å². The molecule has 0 spiro atoms. The Bertz CT molecular complexity index is 2890. The molecular formula is C45H24N4S. The fourth-order valence-corrected chi connectivity index (χ4v) is 8.21. The van der Waals surface area contributed by atoms with Gasteiger partial charge in [0.1, 0.15) is 0 Å². The molecule has 2 aromatic heterocycles. The summed E-state index contributed by atoms with van der Waals surface area (Å²) in [5, 5.41) is 33.3. The average Bonchev–Trinajstić information content (AvgIpc) is 3.72. The Balaban J connectivity index is 1.34. The molecule has 0 unspecified atom stereocenters. The quantitative estimate of drug-likeness (QED) is 0.190. The van der Waals surface area contributed by atoms with Crippen molar-refractivity contribution in [2.75, 3.05) is 0 Å². The Labute approximate surface area is 292 Å². The maximum Gasteiger partial charge on any atom is 0.0991 e. The van der Waals surface area contributed by atoms with Crippen LogP contribution in [0.25, 0.3) is 81.0 Å². The zero-order valence-electron chi connectivity index (χ0n) is 26.6. The minimum absolute atomic E-state index is 0.570. The van der Waals surface area contributed by atoms with E-state index in [1.165, 1.54) is 20.2 Å². The van der Waals surface area contributed by atoms with Gasteiger partial charge in [-0.25, -0.2) is 0 Å². The molecule has 2 heterocycles. The second kappa shape index (κ2) is 11.6. The molecule has 0 aliphatic rings. The van der Waals surface area contributed by atoms with E-state index < -0.39 is 0 Å². The number of fused-ring (bicyclic) bond motifs is 6. The molecule has 0 atom stereocenters. The molecule has 0 amide bonds. The molecule has 0 saturated heterocycles. The number of thiophene rings is 1. The lowest BCUT2D eigenvalue weighted by molar-refractivity contribution is 1.18. The molecule has 0 N–H and O–H groups in total. The third kappa shape index (κ3) is 4.72. The number of hydrogen-bond donors (Lipinski definition) is 0. The minimum Gasteiger partial charge on any atom is -0.309 e. The van der Waals surface area contributed by atoms with Crippen LogP contribution in [0.3, 0.4) is 0 Å². The zero-order chi connectivity index (χ0) is 33.8. The summed E-state index contributed by atoms with van der Waals surface area (Å²) in [6.45, 7) is 0. The monoisotopic (exact) mass is 652 g/mol.